The summed E-state index contributed by atoms with van der Waals surface area (Å²) in [5.41, 5.74) is 3.17. The number of rotatable bonds is 7. The number of methoxy groups -OCH3 is 1. The molecule has 0 bridgehead atoms. The van der Waals surface area contributed by atoms with Crippen LogP contribution in [-0.2, 0) is 9.53 Å². The highest BCUT2D eigenvalue weighted by atomic mass is 32.1. The standard InChI is InChI=1S/C25H30N4O4S/c1-6-29-16(4)21(23(30)33-15(2)3)22(28-25(29)34)17-9-7-10-18(13-17)26-24(31)27-19-11-8-12-20(14-19)32-5/h7-15,22H,6H2,1-5H3,(H,28,34)(H2,26,27,31)/t22-/m0/s1. The predicted octanol–water partition coefficient (Wildman–Crippen LogP) is 4.82. The minimum atomic E-state index is -0.509. The van der Waals surface area contributed by atoms with Crippen LogP contribution in [0.1, 0.15) is 39.3 Å². The second-order valence-electron chi connectivity index (χ2n) is 8.02. The van der Waals surface area contributed by atoms with Crippen LogP contribution in [0.5, 0.6) is 5.75 Å². The number of carbonyl (C=O) groups is 2. The maximum Gasteiger partial charge on any atom is 0.338 e. The Hall–Kier alpha value is -3.59. The van der Waals surface area contributed by atoms with Crippen molar-refractivity contribution in [1.82, 2.24) is 10.2 Å². The van der Waals surface area contributed by atoms with Gasteiger partial charge in [-0.25, -0.2) is 9.59 Å². The quantitative estimate of drug-likeness (QED) is 0.385. The van der Waals surface area contributed by atoms with E-state index in [2.05, 4.69) is 16.0 Å². The zero-order chi connectivity index (χ0) is 24.8. The SMILES string of the molecule is CCN1C(=S)N[C@@H](c2cccc(NC(=O)Nc3cccc(OC)c3)c2)C(C(=O)OC(C)C)=C1C. The number of amides is 2. The summed E-state index contributed by atoms with van der Waals surface area (Å²) >= 11 is 5.54. The van der Waals surface area contributed by atoms with E-state index in [9.17, 15) is 9.59 Å². The minimum Gasteiger partial charge on any atom is -0.497 e. The normalized spacial score (nSPS) is 15.6. The number of allylic oxidation sites excluding steroid dienone is 1. The predicted molar refractivity (Wildman–Crippen MR) is 137 cm³/mol. The van der Waals surface area contributed by atoms with Crippen molar-refractivity contribution in [2.45, 2.75) is 39.8 Å². The fourth-order valence-electron chi connectivity index (χ4n) is 3.74. The Labute approximate surface area is 205 Å². The number of anilines is 2. The van der Waals surface area contributed by atoms with Gasteiger partial charge in [-0.15, -0.1) is 0 Å². The van der Waals surface area contributed by atoms with Crippen LogP contribution in [0.4, 0.5) is 16.2 Å². The summed E-state index contributed by atoms with van der Waals surface area (Å²) in [6, 6.07) is 13.4. The molecule has 1 heterocycles. The second kappa shape index (κ2) is 11.0. The molecule has 9 heteroatoms. The first kappa shape index (κ1) is 25.0. The van der Waals surface area contributed by atoms with E-state index >= 15 is 0 Å². The lowest BCUT2D eigenvalue weighted by molar-refractivity contribution is -0.143. The molecule has 0 unspecified atom stereocenters. The van der Waals surface area contributed by atoms with E-state index < -0.39 is 18.0 Å². The molecule has 8 nitrogen and oxygen atoms in total. The third-order valence-corrected chi connectivity index (χ3v) is 5.62. The molecule has 34 heavy (non-hydrogen) atoms. The zero-order valence-electron chi connectivity index (χ0n) is 20.0. The maximum atomic E-state index is 13.0. The van der Waals surface area contributed by atoms with E-state index in [1.54, 1.807) is 37.4 Å². The van der Waals surface area contributed by atoms with Crippen LogP contribution in [0.3, 0.4) is 0 Å². The number of hydrogen-bond acceptors (Lipinski definition) is 5. The second-order valence-corrected chi connectivity index (χ2v) is 8.40. The highest BCUT2D eigenvalue weighted by molar-refractivity contribution is 7.80. The Morgan fingerprint density at radius 2 is 1.76 bits per heavy atom. The van der Waals surface area contributed by atoms with Crippen LogP contribution in [0.25, 0.3) is 0 Å². The van der Waals surface area contributed by atoms with Crippen molar-refractivity contribution in [3.8, 4) is 5.75 Å². The van der Waals surface area contributed by atoms with Gasteiger partial charge in [-0.2, -0.15) is 0 Å². The Bertz CT molecular complexity index is 1120. The molecule has 180 valence electrons. The number of urea groups is 1. The van der Waals surface area contributed by atoms with Gasteiger partial charge in [-0.3, -0.25) is 0 Å². The third kappa shape index (κ3) is 5.85. The molecule has 0 aromatic heterocycles. The molecule has 1 aliphatic heterocycles. The number of hydrogen-bond donors (Lipinski definition) is 3. The van der Waals surface area contributed by atoms with Crippen molar-refractivity contribution < 1.29 is 19.1 Å². The van der Waals surface area contributed by atoms with Crippen LogP contribution in [0, 0.1) is 0 Å². The molecule has 1 aliphatic rings. The Balaban J connectivity index is 1.86. The van der Waals surface area contributed by atoms with Crippen molar-refractivity contribution in [3.05, 3.63) is 65.4 Å². The van der Waals surface area contributed by atoms with Crippen molar-refractivity contribution in [2.24, 2.45) is 0 Å². The van der Waals surface area contributed by atoms with Crippen LogP contribution < -0.4 is 20.7 Å². The minimum absolute atomic E-state index is 0.259. The molecule has 0 saturated carbocycles. The van der Waals surface area contributed by atoms with Crippen molar-refractivity contribution >= 4 is 40.7 Å². The highest BCUT2D eigenvalue weighted by Crippen LogP contribution is 2.32. The molecule has 2 amide bonds. The summed E-state index contributed by atoms with van der Waals surface area (Å²) in [5.74, 6) is 0.239. The zero-order valence-corrected chi connectivity index (χ0v) is 20.8. The highest BCUT2D eigenvalue weighted by Gasteiger charge is 2.34. The number of thiocarbonyl (C=S) groups is 1. The molecule has 0 fully saturated rings. The summed E-state index contributed by atoms with van der Waals surface area (Å²) in [7, 11) is 1.57. The topological polar surface area (TPSA) is 91.9 Å². The summed E-state index contributed by atoms with van der Waals surface area (Å²) in [5, 5.41) is 9.40. The van der Waals surface area contributed by atoms with E-state index in [1.807, 2.05) is 50.8 Å². The first-order valence-corrected chi connectivity index (χ1v) is 11.5. The lowest BCUT2D eigenvalue weighted by atomic mass is 9.94. The van der Waals surface area contributed by atoms with Crippen molar-refractivity contribution in [2.75, 3.05) is 24.3 Å². The molecular formula is C25H30N4O4S. The lowest BCUT2D eigenvalue weighted by Crippen LogP contribution is -2.47. The molecule has 0 spiro atoms. The summed E-state index contributed by atoms with van der Waals surface area (Å²) in [6.45, 7) is 8.08. The first-order valence-electron chi connectivity index (χ1n) is 11.0. The monoisotopic (exact) mass is 482 g/mol. The summed E-state index contributed by atoms with van der Waals surface area (Å²) in [6.07, 6.45) is -0.259. The van der Waals surface area contributed by atoms with Gasteiger partial charge in [0, 0.05) is 29.7 Å². The number of carbonyl (C=O) groups excluding carboxylic acids is 2. The molecular weight excluding hydrogens is 452 g/mol. The van der Waals surface area contributed by atoms with Gasteiger partial charge in [0.15, 0.2) is 5.11 Å². The van der Waals surface area contributed by atoms with Crippen molar-refractivity contribution in [3.63, 3.8) is 0 Å². The number of esters is 1. The van der Waals surface area contributed by atoms with E-state index in [4.69, 9.17) is 21.7 Å². The molecule has 0 saturated heterocycles. The Morgan fingerprint density at radius 3 is 2.38 bits per heavy atom. The number of nitrogens with one attached hydrogen (secondary N) is 3. The van der Waals surface area contributed by atoms with Gasteiger partial charge in [0.2, 0.25) is 0 Å². The average molecular weight is 483 g/mol. The van der Waals surface area contributed by atoms with Gasteiger partial charge in [0.25, 0.3) is 0 Å². The van der Waals surface area contributed by atoms with Gasteiger partial charge >= 0.3 is 12.0 Å². The number of nitrogens with zero attached hydrogens (tertiary/aromatic N) is 1. The summed E-state index contributed by atoms with van der Waals surface area (Å²) < 4.78 is 10.7. The van der Waals surface area contributed by atoms with Crippen LogP contribution >= 0.6 is 12.2 Å². The van der Waals surface area contributed by atoms with E-state index in [1.165, 1.54) is 0 Å². The number of ether oxygens (including phenoxy) is 2. The number of benzene rings is 2. The van der Waals surface area contributed by atoms with Crippen LogP contribution in [0.2, 0.25) is 0 Å². The largest absolute Gasteiger partial charge is 0.497 e. The van der Waals surface area contributed by atoms with Gasteiger partial charge in [0.05, 0.1) is 24.8 Å². The molecule has 3 N–H and O–H groups in total. The average Bonchev–Trinajstić information content (AvgIpc) is 2.78. The van der Waals surface area contributed by atoms with E-state index in [-0.39, 0.29) is 6.10 Å². The fourth-order valence-corrected chi connectivity index (χ4v) is 4.13. The van der Waals surface area contributed by atoms with Gasteiger partial charge < -0.3 is 30.3 Å². The lowest BCUT2D eigenvalue weighted by Gasteiger charge is -2.37. The van der Waals surface area contributed by atoms with Gasteiger partial charge in [-0.1, -0.05) is 18.2 Å². The van der Waals surface area contributed by atoms with Crippen LogP contribution in [-0.4, -0.2) is 41.8 Å². The maximum absolute atomic E-state index is 13.0. The third-order valence-electron chi connectivity index (χ3n) is 5.28. The van der Waals surface area contributed by atoms with Gasteiger partial charge in [-0.05, 0) is 69.7 Å². The molecule has 2 aromatic rings. The first-order chi connectivity index (χ1) is 16.2. The smallest absolute Gasteiger partial charge is 0.338 e. The molecule has 0 radical (unpaired) electrons. The molecule has 3 rings (SSSR count). The van der Waals surface area contributed by atoms with E-state index in [0.29, 0.717) is 34.4 Å². The van der Waals surface area contributed by atoms with E-state index in [0.717, 1.165) is 11.3 Å². The Kier molecular flexibility index (Phi) is 8.12. The Morgan fingerprint density at radius 1 is 1.12 bits per heavy atom. The van der Waals surface area contributed by atoms with Crippen molar-refractivity contribution in [1.29, 1.82) is 0 Å². The van der Waals surface area contributed by atoms with Gasteiger partial charge in [0.1, 0.15) is 5.75 Å². The summed E-state index contributed by atoms with van der Waals surface area (Å²) in [4.78, 5) is 27.4. The molecule has 1 atom stereocenters. The molecule has 2 aromatic carbocycles. The fraction of sp³-hybridized carbons (Fsp3) is 0.320. The van der Waals surface area contributed by atoms with Crippen LogP contribution in [0.15, 0.2) is 59.8 Å². The molecule has 0 aliphatic carbocycles.